The van der Waals surface area contributed by atoms with Crippen LogP contribution in [-0.4, -0.2) is 27.6 Å². The number of aromatic nitrogens is 3. The molecule has 2 aromatic heterocycles. The third kappa shape index (κ3) is 5.54. The van der Waals surface area contributed by atoms with Gasteiger partial charge in [-0.3, -0.25) is 14.9 Å². The molecule has 4 aromatic rings. The summed E-state index contributed by atoms with van der Waals surface area (Å²) in [6.07, 6.45) is 2.65. The van der Waals surface area contributed by atoms with Gasteiger partial charge in [0.25, 0.3) is 5.91 Å². The molecule has 0 saturated carbocycles. The number of hydrogen-bond acceptors (Lipinski definition) is 6. The number of nitrogen functional groups attached to an aromatic ring is 1. The fourth-order valence-electron chi connectivity index (χ4n) is 3.89. The average molecular weight is 466 g/mol. The average Bonchev–Trinajstić information content (AvgIpc) is 3.20. The van der Waals surface area contributed by atoms with E-state index in [2.05, 4.69) is 31.9 Å². The van der Waals surface area contributed by atoms with E-state index in [1.807, 2.05) is 32.0 Å². The molecule has 2 heterocycles. The smallest absolute Gasteiger partial charge is 0.255 e. The molecule has 5 N–H and O–H groups in total. The van der Waals surface area contributed by atoms with Crippen LogP contribution in [0.3, 0.4) is 0 Å². The van der Waals surface area contributed by atoms with Gasteiger partial charge in [0.1, 0.15) is 6.07 Å². The largest absolute Gasteiger partial charge is 0.397 e. The molecule has 0 aliphatic carbocycles. The van der Waals surface area contributed by atoms with E-state index in [4.69, 9.17) is 5.73 Å². The number of carbonyl (C=O) groups excluding carboxylic acids is 1. The van der Waals surface area contributed by atoms with Gasteiger partial charge in [-0.15, -0.1) is 0 Å². The second-order valence-corrected chi connectivity index (χ2v) is 8.31. The zero-order valence-electron chi connectivity index (χ0n) is 19.7. The zero-order chi connectivity index (χ0) is 24.8. The first-order valence-corrected chi connectivity index (χ1v) is 11.3. The normalized spacial score (nSPS) is 10.7. The molecule has 4 rings (SSSR count). The summed E-state index contributed by atoms with van der Waals surface area (Å²) >= 11 is 0. The lowest BCUT2D eigenvalue weighted by atomic mass is 10.0. The topological polar surface area (TPSA) is 133 Å². The molecular formula is C27H27N7O. The van der Waals surface area contributed by atoms with Gasteiger partial charge in [0, 0.05) is 29.6 Å². The molecule has 0 bridgehead atoms. The van der Waals surface area contributed by atoms with Crippen LogP contribution in [0.2, 0.25) is 0 Å². The van der Waals surface area contributed by atoms with Crippen molar-refractivity contribution in [3.63, 3.8) is 0 Å². The number of pyridine rings is 1. The Kier molecular flexibility index (Phi) is 7.19. The number of benzene rings is 2. The van der Waals surface area contributed by atoms with Gasteiger partial charge in [-0.25, -0.2) is 0 Å². The predicted molar refractivity (Wildman–Crippen MR) is 137 cm³/mol. The van der Waals surface area contributed by atoms with E-state index in [-0.39, 0.29) is 5.91 Å². The molecule has 0 fully saturated rings. The molecule has 176 valence electrons. The van der Waals surface area contributed by atoms with E-state index in [1.165, 1.54) is 5.56 Å². The highest BCUT2D eigenvalue weighted by Crippen LogP contribution is 2.23. The summed E-state index contributed by atoms with van der Waals surface area (Å²) in [7, 11) is 0. The molecular weight excluding hydrogens is 438 g/mol. The van der Waals surface area contributed by atoms with Crippen LogP contribution in [0.5, 0.6) is 0 Å². The first kappa shape index (κ1) is 23.7. The number of nitriles is 1. The number of aromatic amines is 1. The summed E-state index contributed by atoms with van der Waals surface area (Å²) in [6.45, 7) is 5.43. The number of nitrogens with two attached hydrogens (primary N) is 1. The van der Waals surface area contributed by atoms with Gasteiger partial charge in [0.05, 0.1) is 28.3 Å². The van der Waals surface area contributed by atoms with E-state index >= 15 is 0 Å². The Morgan fingerprint density at radius 3 is 2.60 bits per heavy atom. The number of H-pyrrole nitrogens is 1. The Morgan fingerprint density at radius 1 is 1.14 bits per heavy atom. The van der Waals surface area contributed by atoms with E-state index in [0.29, 0.717) is 34.7 Å². The minimum Gasteiger partial charge on any atom is -0.397 e. The molecule has 0 radical (unpaired) electrons. The van der Waals surface area contributed by atoms with Gasteiger partial charge >= 0.3 is 0 Å². The quantitative estimate of drug-likeness (QED) is 0.228. The lowest BCUT2D eigenvalue weighted by molar-refractivity contribution is 0.102. The molecule has 0 unspecified atom stereocenters. The van der Waals surface area contributed by atoms with Crippen molar-refractivity contribution in [1.82, 2.24) is 20.5 Å². The first-order chi connectivity index (χ1) is 17.0. The number of anilines is 2. The molecule has 8 nitrogen and oxygen atoms in total. The van der Waals surface area contributed by atoms with Crippen LogP contribution < -0.4 is 16.4 Å². The van der Waals surface area contributed by atoms with E-state index < -0.39 is 0 Å². The van der Waals surface area contributed by atoms with Crippen molar-refractivity contribution in [2.24, 2.45) is 0 Å². The van der Waals surface area contributed by atoms with Crippen LogP contribution in [0.1, 0.15) is 38.4 Å². The van der Waals surface area contributed by atoms with Crippen LogP contribution >= 0.6 is 0 Å². The molecule has 0 atom stereocenters. The molecule has 1 amide bonds. The highest BCUT2D eigenvalue weighted by Gasteiger charge is 2.12. The predicted octanol–water partition coefficient (Wildman–Crippen LogP) is 4.13. The van der Waals surface area contributed by atoms with Gasteiger partial charge in [0.15, 0.2) is 0 Å². The molecule has 0 saturated heterocycles. The van der Waals surface area contributed by atoms with Gasteiger partial charge in [-0.1, -0.05) is 24.3 Å². The number of carbonyl (C=O) groups is 1. The van der Waals surface area contributed by atoms with Gasteiger partial charge < -0.3 is 16.4 Å². The number of nitrogens with one attached hydrogen (secondary N) is 3. The number of nitrogens with zero attached hydrogens (tertiary/aromatic N) is 3. The monoisotopic (exact) mass is 465 g/mol. The van der Waals surface area contributed by atoms with Crippen molar-refractivity contribution in [2.75, 3.05) is 17.6 Å². The molecule has 35 heavy (non-hydrogen) atoms. The van der Waals surface area contributed by atoms with Crippen LogP contribution in [-0.2, 0) is 13.0 Å². The third-order valence-corrected chi connectivity index (χ3v) is 5.86. The van der Waals surface area contributed by atoms with E-state index in [9.17, 15) is 10.1 Å². The van der Waals surface area contributed by atoms with Gasteiger partial charge in [0.2, 0.25) is 0 Å². The van der Waals surface area contributed by atoms with Crippen LogP contribution in [0.4, 0.5) is 11.4 Å². The molecule has 0 spiro atoms. The third-order valence-electron chi connectivity index (χ3n) is 5.86. The Morgan fingerprint density at radius 2 is 1.91 bits per heavy atom. The molecule has 0 aliphatic rings. The maximum absolute atomic E-state index is 12.6. The second kappa shape index (κ2) is 10.6. The van der Waals surface area contributed by atoms with Crippen molar-refractivity contribution in [2.45, 2.75) is 26.8 Å². The molecule has 2 aromatic carbocycles. The Balaban J connectivity index is 1.40. The van der Waals surface area contributed by atoms with Gasteiger partial charge in [-0.05, 0) is 68.3 Å². The maximum Gasteiger partial charge on any atom is 0.255 e. The summed E-state index contributed by atoms with van der Waals surface area (Å²) in [5, 5.41) is 23.1. The molecule has 8 heteroatoms. The summed E-state index contributed by atoms with van der Waals surface area (Å²) in [5.74, 6) is -0.259. The number of rotatable bonds is 8. The Labute approximate surface area is 204 Å². The summed E-state index contributed by atoms with van der Waals surface area (Å²) < 4.78 is 0. The van der Waals surface area contributed by atoms with Crippen molar-refractivity contribution in [3.05, 3.63) is 94.4 Å². The van der Waals surface area contributed by atoms with Crippen molar-refractivity contribution < 1.29 is 4.79 Å². The number of hydrogen-bond donors (Lipinski definition) is 4. The summed E-state index contributed by atoms with van der Waals surface area (Å²) in [4.78, 5) is 17.1. The second-order valence-electron chi connectivity index (χ2n) is 8.31. The standard InChI is InChI=1S/C27H27N7O/c1-17-23(18(2)34-33-17)11-12-30-15-19-13-22(14-28)26(31-16-19)20-7-9-21(10-8-20)27(35)32-25-6-4-3-5-24(25)29/h3-10,13,16,30H,11-12,15,29H2,1-2H3,(H,32,35)(H,33,34). The van der Waals surface area contributed by atoms with Crippen LogP contribution in [0, 0.1) is 25.2 Å². The first-order valence-electron chi connectivity index (χ1n) is 11.3. The minimum atomic E-state index is -0.259. The van der Waals surface area contributed by atoms with Crippen molar-refractivity contribution in [1.29, 1.82) is 5.26 Å². The van der Waals surface area contributed by atoms with E-state index in [0.717, 1.165) is 35.5 Å². The number of amides is 1. The van der Waals surface area contributed by atoms with Crippen molar-refractivity contribution in [3.8, 4) is 17.3 Å². The highest BCUT2D eigenvalue weighted by atomic mass is 16.1. The lowest BCUT2D eigenvalue weighted by Gasteiger charge is -2.10. The fraction of sp³-hybridized carbons (Fsp3) is 0.185. The van der Waals surface area contributed by atoms with E-state index in [1.54, 1.807) is 42.6 Å². The van der Waals surface area contributed by atoms with Gasteiger partial charge in [-0.2, -0.15) is 10.4 Å². The summed E-state index contributed by atoms with van der Waals surface area (Å²) in [5.41, 5.74) is 13.6. The fourth-order valence-corrected chi connectivity index (χ4v) is 3.89. The minimum absolute atomic E-state index is 0.259. The van der Waals surface area contributed by atoms with Crippen molar-refractivity contribution >= 4 is 17.3 Å². The number of aryl methyl sites for hydroxylation is 2. The lowest BCUT2D eigenvalue weighted by Crippen LogP contribution is -2.17. The SMILES string of the molecule is Cc1n[nH]c(C)c1CCNCc1cnc(-c2ccc(C(=O)Nc3ccccc3N)cc2)c(C#N)c1. The number of para-hydroxylation sites is 2. The van der Waals surface area contributed by atoms with Crippen LogP contribution in [0.15, 0.2) is 60.8 Å². The maximum atomic E-state index is 12.6. The highest BCUT2D eigenvalue weighted by molar-refractivity contribution is 6.05. The molecule has 0 aliphatic heterocycles. The Hall–Kier alpha value is -4.48. The zero-order valence-corrected chi connectivity index (χ0v) is 19.7. The summed E-state index contributed by atoms with van der Waals surface area (Å²) in [6, 6.07) is 18.2. The Bertz CT molecular complexity index is 1360. The van der Waals surface area contributed by atoms with Crippen LogP contribution in [0.25, 0.3) is 11.3 Å².